The first-order chi connectivity index (χ1) is 10.8. The van der Waals surface area contributed by atoms with Gasteiger partial charge in [-0.25, -0.2) is 9.55 Å². The van der Waals surface area contributed by atoms with E-state index in [-0.39, 0.29) is 0 Å². The van der Waals surface area contributed by atoms with Crippen LogP contribution < -0.4 is 4.57 Å². The van der Waals surface area contributed by atoms with E-state index in [1.807, 2.05) is 0 Å². The number of aromatic amines is 1. The number of unbranched alkanes of at least 4 members (excludes halogenated alkanes) is 9. The van der Waals surface area contributed by atoms with Gasteiger partial charge in [-0.2, -0.15) is 0 Å². The van der Waals surface area contributed by atoms with Crippen molar-refractivity contribution in [3.63, 3.8) is 0 Å². The number of hydrogen-bond donors (Lipinski definition) is 1. The Bertz CT molecular complexity index is 356. The number of imidazole rings is 1. The average Bonchev–Trinajstić information content (AvgIpc) is 2.94. The molecule has 0 aliphatic heterocycles. The molecule has 1 atom stereocenters. The molecule has 0 bridgehead atoms. The summed E-state index contributed by atoms with van der Waals surface area (Å²) in [6, 6.07) is 0. The van der Waals surface area contributed by atoms with Crippen LogP contribution >= 0.6 is 0 Å². The second-order valence-electron chi connectivity index (χ2n) is 6.91. The highest BCUT2D eigenvalue weighted by Crippen LogP contribution is 2.24. The third-order valence-corrected chi connectivity index (χ3v) is 4.84. The summed E-state index contributed by atoms with van der Waals surface area (Å²) in [6.45, 7) is 4.59. The molecule has 1 aromatic heterocycles. The molecule has 1 aromatic rings. The molecule has 0 aromatic carbocycles. The third kappa shape index (κ3) is 8.00. The maximum absolute atomic E-state index is 3.44. The Kier molecular flexibility index (Phi) is 11.1. The summed E-state index contributed by atoms with van der Waals surface area (Å²) < 4.78 is 2.26. The molecule has 0 amide bonds. The minimum atomic E-state index is 0.721. The lowest BCUT2D eigenvalue weighted by Gasteiger charge is -2.11. The molecule has 1 rings (SSSR count). The van der Waals surface area contributed by atoms with Crippen molar-refractivity contribution in [1.82, 2.24) is 4.98 Å². The minimum Gasteiger partial charge on any atom is -0.247 e. The molecule has 2 nitrogen and oxygen atoms in total. The number of aromatic nitrogens is 2. The molecule has 2 heteroatoms. The quantitative estimate of drug-likeness (QED) is 0.319. The zero-order valence-corrected chi connectivity index (χ0v) is 15.4. The standard InChI is InChI=1S/C20H38N2/c1-4-6-7-8-9-10-11-12-13-14-16-19(15-5-2)20-21-17-18-22(20)3/h17-19H,4-16H2,1-3H3/p+1/t19-/m0/s1. The van der Waals surface area contributed by atoms with Crippen molar-refractivity contribution >= 4 is 0 Å². The summed E-state index contributed by atoms with van der Waals surface area (Å²) in [7, 11) is 2.16. The Morgan fingerprint density at radius 2 is 1.41 bits per heavy atom. The number of rotatable bonds is 14. The Morgan fingerprint density at radius 3 is 1.91 bits per heavy atom. The first kappa shape index (κ1) is 19.3. The molecule has 1 heterocycles. The first-order valence-electron chi connectivity index (χ1n) is 9.82. The zero-order valence-electron chi connectivity index (χ0n) is 15.4. The van der Waals surface area contributed by atoms with Crippen LogP contribution in [0.5, 0.6) is 0 Å². The summed E-state index contributed by atoms with van der Waals surface area (Å²) in [5, 5.41) is 0. The monoisotopic (exact) mass is 307 g/mol. The molecule has 0 aliphatic rings. The van der Waals surface area contributed by atoms with Gasteiger partial charge >= 0.3 is 0 Å². The van der Waals surface area contributed by atoms with Gasteiger partial charge in [-0.1, -0.05) is 84.5 Å². The van der Waals surface area contributed by atoms with Gasteiger partial charge < -0.3 is 0 Å². The van der Waals surface area contributed by atoms with E-state index in [1.54, 1.807) is 0 Å². The largest absolute Gasteiger partial charge is 0.257 e. The number of hydrogen-bond acceptors (Lipinski definition) is 0. The van der Waals surface area contributed by atoms with E-state index in [0.717, 1.165) is 5.92 Å². The molecular weight excluding hydrogens is 268 g/mol. The first-order valence-corrected chi connectivity index (χ1v) is 9.82. The Labute approximate surface area is 138 Å². The van der Waals surface area contributed by atoms with Crippen LogP contribution in [0.4, 0.5) is 0 Å². The topological polar surface area (TPSA) is 19.7 Å². The molecule has 0 unspecified atom stereocenters. The number of nitrogens with one attached hydrogen (secondary N) is 1. The van der Waals surface area contributed by atoms with Crippen molar-refractivity contribution < 1.29 is 4.57 Å². The highest BCUT2D eigenvalue weighted by atomic mass is 15.0. The third-order valence-electron chi connectivity index (χ3n) is 4.84. The summed E-state index contributed by atoms with van der Waals surface area (Å²) in [5.74, 6) is 2.14. The van der Waals surface area contributed by atoms with Crippen molar-refractivity contribution in [3.8, 4) is 0 Å². The van der Waals surface area contributed by atoms with Gasteiger partial charge in [-0.15, -0.1) is 0 Å². The van der Waals surface area contributed by atoms with Gasteiger partial charge in [0, 0.05) is 0 Å². The van der Waals surface area contributed by atoms with E-state index < -0.39 is 0 Å². The predicted octanol–water partition coefficient (Wildman–Crippen LogP) is 6.03. The molecule has 0 saturated heterocycles. The number of aryl methyl sites for hydroxylation is 1. The van der Waals surface area contributed by atoms with E-state index in [1.165, 1.54) is 89.3 Å². The van der Waals surface area contributed by atoms with E-state index in [9.17, 15) is 0 Å². The maximum Gasteiger partial charge on any atom is 0.257 e. The molecule has 0 radical (unpaired) electrons. The molecule has 1 N–H and O–H groups in total. The van der Waals surface area contributed by atoms with Crippen LogP contribution in [0.15, 0.2) is 12.4 Å². The van der Waals surface area contributed by atoms with Gasteiger partial charge in [0.05, 0.1) is 13.0 Å². The van der Waals surface area contributed by atoms with Crippen LogP contribution in [0, 0.1) is 0 Å². The van der Waals surface area contributed by atoms with Gasteiger partial charge in [0.15, 0.2) is 0 Å². The molecule has 22 heavy (non-hydrogen) atoms. The van der Waals surface area contributed by atoms with Gasteiger partial charge in [0.2, 0.25) is 0 Å². The van der Waals surface area contributed by atoms with Crippen LogP contribution in [-0.2, 0) is 7.05 Å². The molecule has 0 saturated carbocycles. The smallest absolute Gasteiger partial charge is 0.247 e. The second kappa shape index (κ2) is 12.7. The molecular formula is C20H39N2+. The Balaban J connectivity index is 2.05. The summed E-state index contributed by atoms with van der Waals surface area (Å²) in [6.07, 6.45) is 22.4. The molecule has 0 aliphatic carbocycles. The van der Waals surface area contributed by atoms with Crippen LogP contribution in [0.1, 0.15) is 109 Å². The molecule has 128 valence electrons. The van der Waals surface area contributed by atoms with Crippen molar-refractivity contribution in [2.75, 3.05) is 0 Å². The van der Waals surface area contributed by atoms with Crippen LogP contribution in [-0.4, -0.2) is 4.98 Å². The highest BCUT2D eigenvalue weighted by molar-refractivity contribution is 4.89. The van der Waals surface area contributed by atoms with Crippen molar-refractivity contribution in [2.24, 2.45) is 7.05 Å². The zero-order chi connectivity index (χ0) is 16.0. The summed E-state index contributed by atoms with van der Waals surface area (Å²) in [5.41, 5.74) is 0. The SMILES string of the molecule is CCCCCCCCCCCC[C@H](CCC)c1[nH]cc[n+]1C. The van der Waals surface area contributed by atoms with E-state index in [0.29, 0.717) is 0 Å². The molecule has 0 fully saturated rings. The van der Waals surface area contributed by atoms with Crippen molar-refractivity contribution in [2.45, 2.75) is 103 Å². The Morgan fingerprint density at radius 1 is 0.818 bits per heavy atom. The lowest BCUT2D eigenvalue weighted by Crippen LogP contribution is -2.32. The lowest BCUT2D eigenvalue weighted by molar-refractivity contribution is -0.679. The Hall–Kier alpha value is -0.790. The lowest BCUT2D eigenvalue weighted by atomic mass is 9.95. The normalized spacial score (nSPS) is 12.7. The summed E-state index contributed by atoms with van der Waals surface area (Å²) >= 11 is 0. The number of H-pyrrole nitrogens is 1. The van der Waals surface area contributed by atoms with E-state index >= 15 is 0 Å². The van der Waals surface area contributed by atoms with Crippen molar-refractivity contribution in [3.05, 3.63) is 18.2 Å². The van der Waals surface area contributed by atoms with E-state index in [2.05, 4.69) is 42.8 Å². The van der Waals surface area contributed by atoms with Gasteiger partial charge in [0.25, 0.3) is 5.82 Å². The second-order valence-corrected chi connectivity index (χ2v) is 6.91. The maximum atomic E-state index is 3.44. The fraction of sp³-hybridized carbons (Fsp3) is 0.850. The average molecular weight is 308 g/mol. The van der Waals surface area contributed by atoms with Gasteiger partial charge in [-0.3, -0.25) is 0 Å². The number of nitrogens with zero attached hydrogens (tertiary/aromatic N) is 1. The molecule has 0 spiro atoms. The predicted molar refractivity (Wildman–Crippen MR) is 96.1 cm³/mol. The van der Waals surface area contributed by atoms with E-state index in [4.69, 9.17) is 0 Å². The van der Waals surface area contributed by atoms with Crippen LogP contribution in [0.25, 0.3) is 0 Å². The minimum absolute atomic E-state index is 0.721. The van der Waals surface area contributed by atoms with Crippen molar-refractivity contribution in [1.29, 1.82) is 0 Å². The van der Waals surface area contributed by atoms with Crippen LogP contribution in [0.2, 0.25) is 0 Å². The highest BCUT2D eigenvalue weighted by Gasteiger charge is 2.19. The fourth-order valence-corrected chi connectivity index (χ4v) is 3.47. The van der Waals surface area contributed by atoms with Crippen LogP contribution in [0.3, 0.4) is 0 Å². The van der Waals surface area contributed by atoms with Gasteiger partial charge in [0.1, 0.15) is 12.4 Å². The summed E-state index contributed by atoms with van der Waals surface area (Å²) in [4.78, 5) is 3.44. The fourth-order valence-electron chi connectivity index (χ4n) is 3.47. The van der Waals surface area contributed by atoms with Gasteiger partial charge in [-0.05, 0) is 12.8 Å².